The first-order chi connectivity index (χ1) is 9.54. The minimum atomic E-state index is -0.455. The number of benzene rings is 1. The molecule has 6 heteroatoms. The fraction of sp³-hybridized carbons (Fsp3) is 0.571. The smallest absolute Gasteiger partial charge is 0.311 e. The molecule has 1 aromatic rings. The third-order valence-electron chi connectivity index (χ3n) is 3.70. The highest BCUT2D eigenvalue weighted by molar-refractivity contribution is 5.48. The van der Waals surface area contributed by atoms with Crippen molar-refractivity contribution in [1.29, 1.82) is 0 Å². The molecule has 1 aromatic carbocycles. The first-order valence-electron chi connectivity index (χ1n) is 6.72. The van der Waals surface area contributed by atoms with E-state index in [0.717, 1.165) is 31.2 Å². The van der Waals surface area contributed by atoms with Crippen LogP contribution in [0.5, 0.6) is 5.75 Å². The predicted octanol–water partition coefficient (Wildman–Crippen LogP) is 2.39. The van der Waals surface area contributed by atoms with Crippen molar-refractivity contribution in [3.8, 4) is 5.75 Å². The number of ether oxygens (including phenoxy) is 2. The molecule has 110 valence electrons. The quantitative estimate of drug-likeness (QED) is 0.638. The number of hydrogen-bond acceptors (Lipinski definition) is 5. The lowest BCUT2D eigenvalue weighted by atomic mass is 10.0. The molecular weight excluding hydrogens is 260 g/mol. The molecule has 0 unspecified atom stereocenters. The van der Waals surface area contributed by atoms with Crippen molar-refractivity contribution in [1.82, 2.24) is 0 Å². The zero-order chi connectivity index (χ0) is 14.6. The van der Waals surface area contributed by atoms with Crippen LogP contribution in [0.25, 0.3) is 0 Å². The maximum absolute atomic E-state index is 10.9. The van der Waals surface area contributed by atoms with Gasteiger partial charge in [-0.2, -0.15) is 0 Å². The van der Waals surface area contributed by atoms with Crippen LogP contribution >= 0.6 is 0 Å². The molecule has 1 aliphatic rings. The highest BCUT2D eigenvalue weighted by Crippen LogP contribution is 2.29. The average Bonchev–Trinajstić information content (AvgIpc) is 2.85. The zero-order valence-electron chi connectivity index (χ0n) is 11.6. The molecule has 1 saturated carbocycles. The van der Waals surface area contributed by atoms with Gasteiger partial charge in [0, 0.05) is 11.6 Å². The van der Waals surface area contributed by atoms with Crippen LogP contribution in [-0.2, 0) is 11.3 Å². The van der Waals surface area contributed by atoms with E-state index in [1.807, 2.05) is 0 Å². The molecule has 0 amide bonds. The molecule has 6 nitrogen and oxygen atoms in total. The van der Waals surface area contributed by atoms with Crippen molar-refractivity contribution < 1.29 is 14.4 Å². The van der Waals surface area contributed by atoms with E-state index in [1.165, 1.54) is 13.2 Å². The SMILES string of the molecule is COc1ccc(COCC2(N)CCCC2)cc1[N+](=O)[O-]. The summed E-state index contributed by atoms with van der Waals surface area (Å²) in [4.78, 5) is 10.5. The molecule has 1 fully saturated rings. The van der Waals surface area contributed by atoms with Crippen LogP contribution in [0.1, 0.15) is 31.2 Å². The number of hydrogen-bond donors (Lipinski definition) is 1. The monoisotopic (exact) mass is 280 g/mol. The third-order valence-corrected chi connectivity index (χ3v) is 3.70. The summed E-state index contributed by atoms with van der Waals surface area (Å²) in [7, 11) is 1.41. The Labute approximate surface area is 118 Å². The van der Waals surface area contributed by atoms with Gasteiger partial charge in [0.15, 0.2) is 5.75 Å². The van der Waals surface area contributed by atoms with Gasteiger partial charge in [-0.05, 0) is 24.5 Å². The van der Waals surface area contributed by atoms with Gasteiger partial charge in [-0.15, -0.1) is 0 Å². The molecule has 0 radical (unpaired) electrons. The van der Waals surface area contributed by atoms with E-state index < -0.39 is 4.92 Å². The second-order valence-corrected chi connectivity index (χ2v) is 5.33. The van der Waals surface area contributed by atoms with Gasteiger partial charge in [0.2, 0.25) is 0 Å². The first kappa shape index (κ1) is 14.7. The number of nitro benzene ring substituents is 1. The molecule has 1 aliphatic carbocycles. The van der Waals surface area contributed by atoms with Crippen molar-refractivity contribution in [2.45, 2.75) is 37.8 Å². The van der Waals surface area contributed by atoms with Crippen LogP contribution in [0.15, 0.2) is 18.2 Å². The zero-order valence-corrected chi connectivity index (χ0v) is 11.6. The van der Waals surface area contributed by atoms with E-state index in [-0.39, 0.29) is 17.0 Å². The van der Waals surface area contributed by atoms with Crippen molar-refractivity contribution in [3.05, 3.63) is 33.9 Å². The maximum Gasteiger partial charge on any atom is 0.311 e. The normalized spacial score (nSPS) is 17.1. The Balaban J connectivity index is 1.96. The Bertz CT molecular complexity index is 484. The largest absolute Gasteiger partial charge is 0.490 e. The molecule has 0 atom stereocenters. The Morgan fingerprint density at radius 1 is 1.40 bits per heavy atom. The van der Waals surface area contributed by atoms with E-state index >= 15 is 0 Å². The van der Waals surface area contributed by atoms with Crippen LogP contribution in [0.2, 0.25) is 0 Å². The Kier molecular flexibility index (Phi) is 4.57. The van der Waals surface area contributed by atoms with E-state index in [0.29, 0.717) is 13.2 Å². The Hall–Kier alpha value is -1.66. The summed E-state index contributed by atoms with van der Waals surface area (Å²) in [6.07, 6.45) is 4.26. The second kappa shape index (κ2) is 6.19. The van der Waals surface area contributed by atoms with Crippen LogP contribution < -0.4 is 10.5 Å². The third kappa shape index (κ3) is 3.46. The lowest BCUT2D eigenvalue weighted by Crippen LogP contribution is -2.41. The highest BCUT2D eigenvalue weighted by atomic mass is 16.6. The van der Waals surface area contributed by atoms with Crippen LogP contribution in [0, 0.1) is 10.1 Å². The number of nitrogens with zero attached hydrogens (tertiary/aromatic N) is 1. The molecule has 0 heterocycles. The molecular formula is C14H20N2O4. The Morgan fingerprint density at radius 2 is 2.10 bits per heavy atom. The number of nitro groups is 1. The van der Waals surface area contributed by atoms with Gasteiger partial charge in [-0.3, -0.25) is 10.1 Å². The summed E-state index contributed by atoms with van der Waals surface area (Å²) < 4.78 is 10.6. The highest BCUT2D eigenvalue weighted by Gasteiger charge is 2.29. The summed E-state index contributed by atoms with van der Waals surface area (Å²) in [6, 6.07) is 4.84. The van der Waals surface area contributed by atoms with Gasteiger partial charge >= 0.3 is 5.69 Å². The minimum Gasteiger partial charge on any atom is -0.490 e. The lowest BCUT2D eigenvalue weighted by Gasteiger charge is -2.23. The second-order valence-electron chi connectivity index (χ2n) is 5.33. The fourth-order valence-electron chi connectivity index (χ4n) is 2.56. The summed E-state index contributed by atoms with van der Waals surface area (Å²) in [5.41, 5.74) is 6.67. The van der Waals surface area contributed by atoms with Gasteiger partial charge in [-0.1, -0.05) is 18.9 Å². The molecule has 0 saturated heterocycles. The molecule has 0 aromatic heterocycles. The summed E-state index contributed by atoms with van der Waals surface area (Å²) in [5, 5.41) is 10.9. The summed E-state index contributed by atoms with van der Waals surface area (Å²) in [6.45, 7) is 0.816. The van der Waals surface area contributed by atoms with Gasteiger partial charge in [0.25, 0.3) is 0 Å². The van der Waals surface area contributed by atoms with E-state index in [1.54, 1.807) is 12.1 Å². The van der Waals surface area contributed by atoms with E-state index in [9.17, 15) is 10.1 Å². The number of methoxy groups -OCH3 is 1. The molecule has 0 bridgehead atoms. The predicted molar refractivity (Wildman–Crippen MR) is 74.7 cm³/mol. The van der Waals surface area contributed by atoms with E-state index in [4.69, 9.17) is 15.2 Å². The molecule has 2 rings (SSSR count). The van der Waals surface area contributed by atoms with Gasteiger partial charge < -0.3 is 15.2 Å². The van der Waals surface area contributed by atoms with Gasteiger partial charge in [-0.25, -0.2) is 0 Å². The summed E-state index contributed by atoms with van der Waals surface area (Å²) in [5.74, 6) is 0.254. The number of rotatable bonds is 6. The molecule has 20 heavy (non-hydrogen) atoms. The molecule has 2 N–H and O–H groups in total. The maximum atomic E-state index is 10.9. The Morgan fingerprint density at radius 3 is 2.70 bits per heavy atom. The van der Waals surface area contributed by atoms with Crippen LogP contribution in [0.3, 0.4) is 0 Å². The van der Waals surface area contributed by atoms with Crippen molar-refractivity contribution >= 4 is 5.69 Å². The van der Waals surface area contributed by atoms with Gasteiger partial charge in [0.05, 0.1) is 25.2 Å². The van der Waals surface area contributed by atoms with Gasteiger partial charge in [0.1, 0.15) is 0 Å². The van der Waals surface area contributed by atoms with Crippen molar-refractivity contribution in [2.75, 3.05) is 13.7 Å². The average molecular weight is 280 g/mol. The molecule has 0 spiro atoms. The molecule has 0 aliphatic heterocycles. The first-order valence-corrected chi connectivity index (χ1v) is 6.72. The lowest BCUT2D eigenvalue weighted by molar-refractivity contribution is -0.385. The van der Waals surface area contributed by atoms with E-state index in [2.05, 4.69) is 0 Å². The fourth-order valence-corrected chi connectivity index (χ4v) is 2.56. The minimum absolute atomic E-state index is 0.0445. The van der Waals surface area contributed by atoms with Crippen LogP contribution in [0.4, 0.5) is 5.69 Å². The standard InChI is InChI=1S/C14H20N2O4/c1-19-13-5-4-11(8-12(13)16(17)18)9-20-10-14(15)6-2-3-7-14/h4-5,8H,2-3,6-7,9-10,15H2,1H3. The number of nitrogens with two attached hydrogens (primary N) is 1. The van der Waals surface area contributed by atoms with Crippen LogP contribution in [-0.4, -0.2) is 24.2 Å². The van der Waals surface area contributed by atoms with Crippen molar-refractivity contribution in [2.24, 2.45) is 5.73 Å². The van der Waals surface area contributed by atoms with Crippen molar-refractivity contribution in [3.63, 3.8) is 0 Å². The summed E-state index contributed by atoms with van der Waals surface area (Å²) >= 11 is 0. The topological polar surface area (TPSA) is 87.6 Å².